The normalized spacial score (nSPS) is 10.9. The molecule has 0 atom stereocenters. The lowest BCUT2D eigenvalue weighted by Crippen LogP contribution is -2.21. The predicted octanol–water partition coefficient (Wildman–Crippen LogP) is 4.53. The molecule has 3 aromatic rings. The van der Waals surface area contributed by atoms with Gasteiger partial charge in [-0.05, 0) is 63.3 Å². The fraction of sp³-hybridized carbons (Fsp3) is 0.286. The Labute approximate surface area is 171 Å². The van der Waals surface area contributed by atoms with Crippen LogP contribution in [0.25, 0.3) is 11.3 Å². The largest absolute Gasteiger partial charge is 0.353 e. The number of rotatable bonds is 7. The van der Waals surface area contributed by atoms with Gasteiger partial charge in [-0.15, -0.1) is 0 Å². The van der Waals surface area contributed by atoms with Crippen molar-refractivity contribution >= 4 is 29.1 Å². The lowest BCUT2D eigenvalue weighted by Gasteiger charge is -2.15. The molecule has 0 bridgehead atoms. The molecule has 0 saturated heterocycles. The summed E-state index contributed by atoms with van der Waals surface area (Å²) in [5, 5.41) is 7.48. The SMILES string of the molecule is Cc1cc(Cl)cc(C)c1Nc1cc(-c2ccncc2)nc(NCCN(C)C)n1. The molecule has 0 aliphatic heterocycles. The molecule has 3 rings (SSSR count). The number of nitrogens with zero attached hydrogens (tertiary/aromatic N) is 4. The highest BCUT2D eigenvalue weighted by Crippen LogP contribution is 2.29. The van der Waals surface area contributed by atoms with Gasteiger partial charge in [0, 0.05) is 47.8 Å². The minimum absolute atomic E-state index is 0.586. The second kappa shape index (κ2) is 8.99. The van der Waals surface area contributed by atoms with Gasteiger partial charge in [-0.2, -0.15) is 4.98 Å². The number of aromatic nitrogens is 3. The summed E-state index contributed by atoms with van der Waals surface area (Å²) in [5.74, 6) is 1.31. The van der Waals surface area contributed by atoms with Crippen molar-refractivity contribution < 1.29 is 0 Å². The summed E-state index contributed by atoms with van der Waals surface area (Å²) in [4.78, 5) is 15.5. The lowest BCUT2D eigenvalue weighted by molar-refractivity contribution is 0.425. The third-order valence-electron chi connectivity index (χ3n) is 4.29. The number of benzene rings is 1. The van der Waals surface area contributed by atoms with Crippen molar-refractivity contribution in [2.24, 2.45) is 0 Å². The standard InChI is InChI=1S/C21H25ClN6/c1-14-11-17(22)12-15(2)20(14)26-19-13-18(16-5-7-23-8-6-16)25-21(27-19)24-9-10-28(3)4/h5-8,11-13H,9-10H2,1-4H3,(H2,24,25,26,27). The third-order valence-corrected chi connectivity index (χ3v) is 4.51. The zero-order valence-electron chi connectivity index (χ0n) is 16.6. The van der Waals surface area contributed by atoms with E-state index in [1.54, 1.807) is 12.4 Å². The van der Waals surface area contributed by atoms with Crippen LogP contribution in [0.2, 0.25) is 5.02 Å². The van der Waals surface area contributed by atoms with E-state index < -0.39 is 0 Å². The number of pyridine rings is 1. The van der Waals surface area contributed by atoms with Crippen molar-refractivity contribution in [3.05, 3.63) is 58.9 Å². The molecule has 0 fully saturated rings. The number of likely N-dealkylation sites (N-methyl/N-ethyl adjacent to an activating group) is 1. The van der Waals surface area contributed by atoms with Crippen LogP contribution in [0.4, 0.5) is 17.5 Å². The zero-order valence-corrected chi connectivity index (χ0v) is 17.4. The van der Waals surface area contributed by atoms with Crippen LogP contribution >= 0.6 is 11.6 Å². The van der Waals surface area contributed by atoms with Gasteiger partial charge in [0.25, 0.3) is 0 Å². The van der Waals surface area contributed by atoms with E-state index in [1.807, 2.05) is 58.3 Å². The Hall–Kier alpha value is -2.70. The smallest absolute Gasteiger partial charge is 0.225 e. The van der Waals surface area contributed by atoms with E-state index in [0.29, 0.717) is 5.95 Å². The molecular weight excluding hydrogens is 372 g/mol. The Kier molecular flexibility index (Phi) is 6.44. The van der Waals surface area contributed by atoms with Gasteiger partial charge in [-0.25, -0.2) is 4.98 Å². The average molecular weight is 397 g/mol. The molecule has 0 unspecified atom stereocenters. The molecule has 0 saturated carbocycles. The van der Waals surface area contributed by atoms with E-state index in [2.05, 4.69) is 30.5 Å². The summed E-state index contributed by atoms with van der Waals surface area (Å²) in [5.41, 5.74) is 4.95. The van der Waals surface area contributed by atoms with Crippen molar-refractivity contribution in [1.82, 2.24) is 19.9 Å². The molecule has 2 N–H and O–H groups in total. The van der Waals surface area contributed by atoms with E-state index >= 15 is 0 Å². The van der Waals surface area contributed by atoms with Crippen molar-refractivity contribution in [1.29, 1.82) is 0 Å². The van der Waals surface area contributed by atoms with Crippen LogP contribution in [0.3, 0.4) is 0 Å². The van der Waals surface area contributed by atoms with Crippen molar-refractivity contribution in [2.75, 3.05) is 37.8 Å². The summed E-state index contributed by atoms with van der Waals surface area (Å²) >= 11 is 6.17. The predicted molar refractivity (Wildman–Crippen MR) is 117 cm³/mol. The highest BCUT2D eigenvalue weighted by Gasteiger charge is 2.10. The topological polar surface area (TPSA) is 66.0 Å². The Morgan fingerprint density at radius 3 is 2.32 bits per heavy atom. The minimum atomic E-state index is 0.586. The van der Waals surface area contributed by atoms with Crippen LogP contribution in [0.1, 0.15) is 11.1 Å². The van der Waals surface area contributed by atoms with Crippen molar-refractivity contribution in [2.45, 2.75) is 13.8 Å². The first-order chi connectivity index (χ1) is 13.4. The monoisotopic (exact) mass is 396 g/mol. The molecular formula is C21H25ClN6. The molecule has 0 spiro atoms. The Balaban J connectivity index is 1.95. The fourth-order valence-electron chi connectivity index (χ4n) is 2.89. The fourth-order valence-corrected chi connectivity index (χ4v) is 3.22. The molecule has 1 aromatic carbocycles. The highest BCUT2D eigenvalue weighted by atomic mass is 35.5. The number of aryl methyl sites for hydroxylation is 2. The number of hydrogen-bond acceptors (Lipinski definition) is 6. The molecule has 2 aromatic heterocycles. The minimum Gasteiger partial charge on any atom is -0.353 e. The first kappa shape index (κ1) is 20.0. The maximum atomic E-state index is 6.17. The van der Waals surface area contributed by atoms with Gasteiger partial charge in [0.2, 0.25) is 5.95 Å². The van der Waals surface area contributed by atoms with Gasteiger partial charge in [0.1, 0.15) is 5.82 Å². The molecule has 146 valence electrons. The van der Waals surface area contributed by atoms with E-state index in [9.17, 15) is 0 Å². The van der Waals surface area contributed by atoms with Gasteiger partial charge in [0.05, 0.1) is 5.69 Å². The van der Waals surface area contributed by atoms with Crippen LogP contribution < -0.4 is 10.6 Å². The molecule has 7 heteroatoms. The van der Waals surface area contributed by atoms with E-state index in [0.717, 1.165) is 52.0 Å². The first-order valence-electron chi connectivity index (χ1n) is 9.14. The Morgan fingerprint density at radius 2 is 1.68 bits per heavy atom. The Bertz CT molecular complexity index is 920. The Morgan fingerprint density at radius 1 is 1.00 bits per heavy atom. The first-order valence-corrected chi connectivity index (χ1v) is 9.52. The summed E-state index contributed by atoms with van der Waals surface area (Å²) in [7, 11) is 4.07. The molecule has 6 nitrogen and oxygen atoms in total. The lowest BCUT2D eigenvalue weighted by atomic mass is 10.1. The second-order valence-corrected chi connectivity index (χ2v) is 7.40. The molecule has 0 radical (unpaired) electrons. The zero-order chi connectivity index (χ0) is 20.1. The maximum Gasteiger partial charge on any atom is 0.225 e. The van der Waals surface area contributed by atoms with Crippen molar-refractivity contribution in [3.63, 3.8) is 0 Å². The van der Waals surface area contributed by atoms with Crippen LogP contribution in [-0.2, 0) is 0 Å². The summed E-state index contributed by atoms with van der Waals surface area (Å²) in [6.07, 6.45) is 3.52. The summed E-state index contributed by atoms with van der Waals surface area (Å²) < 4.78 is 0. The summed E-state index contributed by atoms with van der Waals surface area (Å²) in [6, 6.07) is 9.71. The van der Waals surface area contributed by atoms with Crippen LogP contribution in [-0.4, -0.2) is 47.0 Å². The van der Waals surface area contributed by atoms with E-state index in [-0.39, 0.29) is 0 Å². The van der Waals surface area contributed by atoms with Gasteiger partial charge in [-0.1, -0.05) is 11.6 Å². The van der Waals surface area contributed by atoms with Gasteiger partial charge >= 0.3 is 0 Å². The maximum absolute atomic E-state index is 6.17. The summed E-state index contributed by atoms with van der Waals surface area (Å²) in [6.45, 7) is 5.71. The van der Waals surface area contributed by atoms with Crippen LogP contribution in [0.15, 0.2) is 42.7 Å². The van der Waals surface area contributed by atoms with E-state index in [1.165, 1.54) is 0 Å². The molecule has 2 heterocycles. The number of anilines is 3. The molecule has 0 aliphatic carbocycles. The second-order valence-electron chi connectivity index (χ2n) is 6.97. The molecule has 0 amide bonds. The number of nitrogens with one attached hydrogen (secondary N) is 2. The number of hydrogen-bond donors (Lipinski definition) is 2. The van der Waals surface area contributed by atoms with Gasteiger partial charge in [-0.3, -0.25) is 4.98 Å². The number of halogens is 1. The average Bonchev–Trinajstić information content (AvgIpc) is 2.65. The highest BCUT2D eigenvalue weighted by molar-refractivity contribution is 6.30. The van der Waals surface area contributed by atoms with Crippen LogP contribution in [0, 0.1) is 13.8 Å². The molecule has 0 aliphatic rings. The van der Waals surface area contributed by atoms with Gasteiger partial charge < -0.3 is 15.5 Å². The van der Waals surface area contributed by atoms with Crippen LogP contribution in [0.5, 0.6) is 0 Å². The third kappa shape index (κ3) is 5.18. The quantitative estimate of drug-likeness (QED) is 0.611. The van der Waals surface area contributed by atoms with Gasteiger partial charge in [0.15, 0.2) is 0 Å². The van der Waals surface area contributed by atoms with Crippen molar-refractivity contribution in [3.8, 4) is 11.3 Å². The molecule has 28 heavy (non-hydrogen) atoms. The van der Waals surface area contributed by atoms with E-state index in [4.69, 9.17) is 11.6 Å².